The second-order valence-corrected chi connectivity index (χ2v) is 17.1. The van der Waals surface area contributed by atoms with Crippen molar-refractivity contribution in [1.29, 1.82) is 0 Å². The number of aromatic nitrogens is 5. The van der Waals surface area contributed by atoms with Gasteiger partial charge in [-0.15, -0.1) is 0 Å². The predicted octanol–water partition coefficient (Wildman–Crippen LogP) is 10.5. The topological polar surface area (TPSA) is 182 Å². The van der Waals surface area contributed by atoms with E-state index in [1.165, 1.54) is 18.6 Å². The molecule has 0 unspecified atom stereocenters. The molecule has 0 aliphatic heterocycles. The normalized spacial score (nSPS) is 9.98. The maximum Gasteiger partial charge on any atom is 0.256 e. The molecule has 1 N–H and O–H groups in total. The second-order valence-electron chi connectivity index (χ2n) is 12.1. The molecule has 0 saturated carbocycles. The Morgan fingerprint density at radius 1 is 0.516 bits per heavy atom. The molecule has 5 aromatic rings. The van der Waals surface area contributed by atoms with Gasteiger partial charge in [-0.3, -0.25) is 9.97 Å². The van der Waals surface area contributed by atoms with Crippen molar-refractivity contribution < 1.29 is 52.5 Å². The fourth-order valence-corrected chi connectivity index (χ4v) is 6.08. The van der Waals surface area contributed by atoms with E-state index >= 15 is 0 Å². The van der Waals surface area contributed by atoms with Crippen molar-refractivity contribution in [1.82, 2.24) is 19.9 Å². The van der Waals surface area contributed by atoms with E-state index in [0.717, 1.165) is 55.9 Å². The molecular weight excluding hydrogens is 1190 g/mol. The van der Waals surface area contributed by atoms with Gasteiger partial charge in [0, 0.05) is 135 Å². The summed E-state index contributed by atoms with van der Waals surface area (Å²) in [7, 11) is 8.22. The molecule has 0 radical (unpaired) electrons. The van der Waals surface area contributed by atoms with Gasteiger partial charge in [0.25, 0.3) is 5.88 Å². The highest BCUT2D eigenvalue weighted by Crippen LogP contribution is 2.28. The fraction of sp³-hybridized carbons (Fsp3) is 0.405. The number of rotatable bonds is 21. The van der Waals surface area contributed by atoms with Crippen LogP contribution in [0.4, 0.5) is 0 Å². The molecule has 354 valence electrons. The van der Waals surface area contributed by atoms with Crippen LogP contribution in [-0.2, 0) is 18.9 Å². The van der Waals surface area contributed by atoms with Crippen LogP contribution in [-0.4, -0.2) is 113 Å². The largest absolute Gasteiger partial charge is 0.619 e. The van der Waals surface area contributed by atoms with Crippen LogP contribution in [0.25, 0.3) is 0 Å². The summed E-state index contributed by atoms with van der Waals surface area (Å²) >= 11 is 22.1. The predicted molar refractivity (Wildman–Crippen MR) is 262 cm³/mol. The molecule has 0 aromatic carbocycles. The van der Waals surface area contributed by atoms with E-state index in [2.05, 4.69) is 99.6 Å². The summed E-state index contributed by atoms with van der Waals surface area (Å²) in [6.45, 7) is 5.11. The van der Waals surface area contributed by atoms with E-state index in [9.17, 15) is 5.21 Å². The SMILES string of the molecule is COCCCOc1cc(Br)c[n+]([O-])c1.COCCCOc1cc(Br)cnc1Cl.COCCCOc1cc(Br)cnc1OC.COCCCOc1cncc(Br)c1.Oc1cncc(Br)c1. The highest BCUT2D eigenvalue weighted by Gasteiger charge is 2.07. The van der Waals surface area contributed by atoms with Crippen LogP contribution in [0.1, 0.15) is 25.7 Å². The standard InChI is InChI=1S/C10H14BrNO3.C9H11BrClNO2.C9H12BrNO3.C9H12BrNO2.C5H4BrNO/c1-13-4-3-5-15-9-6-8(11)7-12-10(9)14-2;1-13-3-2-4-14-8-5-7(10)6-12-9(8)11;1-13-3-2-4-14-9-5-8(10)6-11(12)7-9;1-12-3-2-4-13-9-5-8(10)6-11-7-9;6-4-1-5(8)3-7-2-4/h6-7H,3-5H2,1-2H3;5-6H,2-4H2,1H3;5-7H,2-4H2,1H3;5-7H,2-4H2,1H3;1-3,8H. The number of halogens is 6. The van der Waals surface area contributed by atoms with Gasteiger partial charge in [-0.2, -0.15) is 4.73 Å². The summed E-state index contributed by atoms with van der Waals surface area (Å²) in [5.41, 5.74) is 0. The summed E-state index contributed by atoms with van der Waals surface area (Å²) in [5.74, 6) is 3.26. The first-order valence-electron chi connectivity index (χ1n) is 19.1. The molecule has 0 saturated heterocycles. The van der Waals surface area contributed by atoms with Gasteiger partial charge in [0.1, 0.15) is 11.5 Å². The minimum atomic E-state index is 0.180. The third-order valence-electron chi connectivity index (χ3n) is 6.93. The molecule has 0 fully saturated rings. The fourth-order valence-electron chi connectivity index (χ4n) is 4.17. The van der Waals surface area contributed by atoms with Crippen LogP contribution in [0.3, 0.4) is 0 Å². The van der Waals surface area contributed by atoms with Crippen LogP contribution >= 0.6 is 91.3 Å². The first kappa shape index (κ1) is 58.9. The Morgan fingerprint density at radius 2 is 0.969 bits per heavy atom. The van der Waals surface area contributed by atoms with Crippen LogP contribution in [0.2, 0.25) is 5.15 Å². The lowest BCUT2D eigenvalue weighted by molar-refractivity contribution is -0.606. The number of nitrogens with zero attached hydrogens (tertiary/aromatic N) is 5. The Kier molecular flexibility index (Phi) is 35.0. The van der Waals surface area contributed by atoms with E-state index in [4.69, 9.17) is 59.3 Å². The molecule has 16 nitrogen and oxygen atoms in total. The van der Waals surface area contributed by atoms with Crippen molar-refractivity contribution in [3.63, 3.8) is 0 Å². The number of hydrogen-bond donors (Lipinski definition) is 1. The molecule has 0 amide bonds. The Morgan fingerprint density at radius 3 is 1.45 bits per heavy atom. The maximum atomic E-state index is 11.0. The highest BCUT2D eigenvalue weighted by atomic mass is 79.9. The third kappa shape index (κ3) is 30.2. The molecular formula is C42H53Br5ClN5O11. The van der Waals surface area contributed by atoms with Gasteiger partial charge in [-0.25, -0.2) is 9.97 Å². The first-order chi connectivity index (χ1) is 30.8. The zero-order valence-electron chi connectivity index (χ0n) is 36.0. The Hall–Kier alpha value is -3.12. The van der Waals surface area contributed by atoms with Crippen LogP contribution < -0.4 is 28.4 Å². The molecule has 64 heavy (non-hydrogen) atoms. The first-order valence-corrected chi connectivity index (χ1v) is 23.5. The molecule has 22 heteroatoms. The van der Waals surface area contributed by atoms with E-state index in [0.29, 0.717) is 83.7 Å². The number of hydrogen-bond acceptors (Lipinski definition) is 15. The molecule has 0 aliphatic carbocycles. The lowest BCUT2D eigenvalue weighted by Crippen LogP contribution is -2.24. The van der Waals surface area contributed by atoms with Crippen molar-refractivity contribution in [2.75, 3.05) is 88.4 Å². The van der Waals surface area contributed by atoms with Gasteiger partial charge in [0.2, 0.25) is 6.20 Å². The number of aromatic hydroxyl groups is 1. The van der Waals surface area contributed by atoms with Crippen molar-refractivity contribution in [2.45, 2.75) is 25.7 Å². The monoisotopic (exact) mass is 1230 g/mol. The minimum absolute atomic E-state index is 0.180. The van der Waals surface area contributed by atoms with Gasteiger partial charge < -0.3 is 52.9 Å². The van der Waals surface area contributed by atoms with E-state index in [-0.39, 0.29) is 5.75 Å². The van der Waals surface area contributed by atoms with Gasteiger partial charge in [0.05, 0.1) is 50.4 Å². The van der Waals surface area contributed by atoms with Crippen molar-refractivity contribution in [3.8, 4) is 34.6 Å². The summed E-state index contributed by atoms with van der Waals surface area (Å²) in [4.78, 5) is 15.7. The average Bonchev–Trinajstić information content (AvgIpc) is 3.26. The number of methoxy groups -OCH3 is 5. The third-order valence-corrected chi connectivity index (χ3v) is 9.38. The zero-order valence-corrected chi connectivity index (χ0v) is 44.7. The lowest BCUT2D eigenvalue weighted by Gasteiger charge is -2.09. The van der Waals surface area contributed by atoms with E-state index in [1.54, 1.807) is 84.7 Å². The summed E-state index contributed by atoms with van der Waals surface area (Å²) < 4.78 is 51.2. The summed E-state index contributed by atoms with van der Waals surface area (Å²) in [6.07, 6.45) is 15.9. The number of ether oxygens (including phenoxy) is 9. The molecule has 0 aliphatic rings. The second kappa shape index (κ2) is 38.0. The minimum Gasteiger partial charge on any atom is -0.619 e. The van der Waals surface area contributed by atoms with Gasteiger partial charge >= 0.3 is 0 Å². The van der Waals surface area contributed by atoms with Crippen molar-refractivity contribution >= 4 is 91.3 Å². The Labute approximate surface area is 421 Å². The van der Waals surface area contributed by atoms with E-state index < -0.39 is 0 Å². The molecule has 5 aromatic heterocycles. The smallest absolute Gasteiger partial charge is 0.256 e. The molecule has 0 bridgehead atoms. The Balaban J connectivity index is 0.000000404. The summed E-state index contributed by atoms with van der Waals surface area (Å²) in [5, 5.41) is 20.1. The van der Waals surface area contributed by atoms with E-state index in [1.807, 2.05) is 12.1 Å². The quantitative estimate of drug-likeness (QED) is 0.0317. The lowest BCUT2D eigenvalue weighted by atomic mass is 10.4. The van der Waals surface area contributed by atoms with Crippen molar-refractivity contribution in [2.24, 2.45) is 0 Å². The number of pyridine rings is 5. The van der Waals surface area contributed by atoms with Gasteiger partial charge in [-0.1, -0.05) is 11.6 Å². The van der Waals surface area contributed by atoms with Crippen LogP contribution in [0.15, 0.2) is 102 Å². The zero-order chi connectivity index (χ0) is 47.4. The van der Waals surface area contributed by atoms with Crippen LogP contribution in [0.5, 0.6) is 34.6 Å². The molecule has 0 atom stereocenters. The molecule has 0 spiro atoms. The highest BCUT2D eigenvalue weighted by molar-refractivity contribution is 9.11. The maximum absolute atomic E-state index is 11.0. The van der Waals surface area contributed by atoms with Crippen molar-refractivity contribution in [3.05, 3.63) is 113 Å². The van der Waals surface area contributed by atoms with Gasteiger partial charge in [0.15, 0.2) is 28.6 Å². The molecule has 5 rings (SSSR count). The average molecular weight is 1240 g/mol. The van der Waals surface area contributed by atoms with Crippen LogP contribution in [0, 0.1) is 5.21 Å². The van der Waals surface area contributed by atoms with Gasteiger partial charge in [-0.05, 0) is 97.8 Å². The Bertz CT molecular complexity index is 1950. The molecule has 5 heterocycles. The summed E-state index contributed by atoms with van der Waals surface area (Å²) in [6, 6.07) is 8.84.